The van der Waals surface area contributed by atoms with E-state index in [4.69, 9.17) is 0 Å². The second-order valence-electron chi connectivity index (χ2n) is 7.08. The number of sulfone groups is 1. The topological polar surface area (TPSA) is 54.5 Å². The molecule has 1 aliphatic rings. The van der Waals surface area contributed by atoms with Crippen LogP contribution in [0.3, 0.4) is 0 Å². The van der Waals surface area contributed by atoms with Crippen LogP contribution in [0.5, 0.6) is 0 Å². The molecule has 26 heavy (non-hydrogen) atoms. The van der Waals surface area contributed by atoms with E-state index in [2.05, 4.69) is 0 Å². The van der Waals surface area contributed by atoms with Crippen LogP contribution in [0.4, 0.5) is 0 Å². The molecule has 138 valence electrons. The molecule has 2 aromatic carbocycles. The van der Waals surface area contributed by atoms with E-state index in [0.717, 1.165) is 18.4 Å². The third kappa shape index (κ3) is 4.73. The summed E-state index contributed by atoms with van der Waals surface area (Å²) < 4.78 is 25.0. The van der Waals surface area contributed by atoms with Gasteiger partial charge >= 0.3 is 0 Å². The van der Waals surface area contributed by atoms with Crippen LogP contribution in [0.25, 0.3) is 0 Å². The van der Waals surface area contributed by atoms with Crippen LogP contribution >= 0.6 is 0 Å². The zero-order chi connectivity index (χ0) is 18.6. The quantitative estimate of drug-likeness (QED) is 0.811. The van der Waals surface area contributed by atoms with Crippen molar-refractivity contribution in [3.63, 3.8) is 0 Å². The van der Waals surface area contributed by atoms with Gasteiger partial charge < -0.3 is 4.90 Å². The van der Waals surface area contributed by atoms with Crippen molar-refractivity contribution < 1.29 is 13.2 Å². The predicted octanol–water partition coefficient (Wildman–Crippen LogP) is 3.25. The first-order valence-electron chi connectivity index (χ1n) is 9.05. The summed E-state index contributed by atoms with van der Waals surface area (Å²) in [5.74, 6) is 0.402. The molecule has 0 aromatic heterocycles. The Balaban J connectivity index is 1.52. The van der Waals surface area contributed by atoms with Gasteiger partial charge in [0, 0.05) is 13.1 Å². The highest BCUT2D eigenvalue weighted by atomic mass is 32.2. The van der Waals surface area contributed by atoms with Gasteiger partial charge in [-0.1, -0.05) is 48.0 Å². The first kappa shape index (κ1) is 18.6. The van der Waals surface area contributed by atoms with Crippen molar-refractivity contribution in [3.8, 4) is 0 Å². The molecule has 1 heterocycles. The molecule has 0 saturated carbocycles. The minimum atomic E-state index is -3.25. The van der Waals surface area contributed by atoms with E-state index in [-0.39, 0.29) is 17.6 Å². The Labute approximate surface area is 155 Å². The summed E-state index contributed by atoms with van der Waals surface area (Å²) >= 11 is 0. The van der Waals surface area contributed by atoms with E-state index in [9.17, 15) is 13.2 Å². The number of carbonyl (C=O) groups excluding carboxylic acids is 1. The average Bonchev–Trinajstić information content (AvgIpc) is 2.64. The zero-order valence-corrected chi connectivity index (χ0v) is 15.9. The van der Waals surface area contributed by atoms with E-state index < -0.39 is 9.84 Å². The fraction of sp³-hybridized carbons (Fsp3) is 0.381. The minimum Gasteiger partial charge on any atom is -0.342 e. The van der Waals surface area contributed by atoms with Crippen LogP contribution in [0.15, 0.2) is 59.5 Å². The number of aryl methyl sites for hydroxylation is 1. The van der Waals surface area contributed by atoms with Gasteiger partial charge in [-0.15, -0.1) is 0 Å². The molecule has 0 radical (unpaired) electrons. The molecule has 5 heteroatoms. The SMILES string of the molecule is Cc1ccc(CC(=O)N2CCC(CS(=O)(=O)c3ccccc3)CC2)cc1. The Kier molecular flexibility index (Phi) is 5.77. The van der Waals surface area contributed by atoms with E-state index in [1.54, 1.807) is 24.3 Å². The van der Waals surface area contributed by atoms with Crippen LogP contribution < -0.4 is 0 Å². The predicted molar refractivity (Wildman–Crippen MR) is 103 cm³/mol. The number of nitrogens with zero attached hydrogens (tertiary/aromatic N) is 1. The summed E-state index contributed by atoms with van der Waals surface area (Å²) in [6.07, 6.45) is 1.89. The zero-order valence-electron chi connectivity index (χ0n) is 15.1. The smallest absolute Gasteiger partial charge is 0.226 e. The molecular formula is C21H25NO3S. The fourth-order valence-electron chi connectivity index (χ4n) is 3.38. The average molecular weight is 372 g/mol. The standard InChI is InChI=1S/C21H25NO3S/c1-17-7-9-18(10-8-17)15-21(23)22-13-11-19(12-14-22)16-26(24,25)20-5-3-2-4-6-20/h2-10,19H,11-16H2,1H3. The summed E-state index contributed by atoms with van der Waals surface area (Å²) in [6.45, 7) is 3.30. The molecule has 1 saturated heterocycles. The molecule has 0 bridgehead atoms. The molecule has 0 spiro atoms. The molecular weight excluding hydrogens is 346 g/mol. The molecule has 0 aliphatic carbocycles. The van der Waals surface area contributed by atoms with Crippen LogP contribution in [0, 0.1) is 12.8 Å². The molecule has 1 fully saturated rings. The Morgan fingerprint density at radius 3 is 2.23 bits per heavy atom. The number of likely N-dealkylation sites (tertiary alicyclic amines) is 1. The van der Waals surface area contributed by atoms with Crippen molar-refractivity contribution in [2.24, 2.45) is 5.92 Å². The summed E-state index contributed by atoms with van der Waals surface area (Å²) in [4.78, 5) is 14.7. The number of hydrogen-bond donors (Lipinski definition) is 0. The molecule has 2 aromatic rings. The number of piperidine rings is 1. The van der Waals surface area contributed by atoms with Crippen LogP contribution in [0.2, 0.25) is 0 Å². The lowest BCUT2D eigenvalue weighted by atomic mass is 9.98. The monoisotopic (exact) mass is 371 g/mol. The second-order valence-corrected chi connectivity index (χ2v) is 9.12. The third-order valence-electron chi connectivity index (χ3n) is 5.00. The molecule has 4 nitrogen and oxygen atoms in total. The highest BCUT2D eigenvalue weighted by Gasteiger charge is 2.27. The van der Waals surface area contributed by atoms with Gasteiger partial charge in [0.25, 0.3) is 0 Å². The van der Waals surface area contributed by atoms with Crippen molar-refractivity contribution in [3.05, 3.63) is 65.7 Å². The number of benzene rings is 2. The lowest BCUT2D eigenvalue weighted by Gasteiger charge is -2.32. The lowest BCUT2D eigenvalue weighted by molar-refractivity contribution is -0.131. The van der Waals surface area contributed by atoms with Gasteiger partial charge in [0.05, 0.1) is 17.1 Å². The van der Waals surface area contributed by atoms with E-state index in [0.29, 0.717) is 24.4 Å². The molecule has 1 aliphatic heterocycles. The Morgan fingerprint density at radius 1 is 1.00 bits per heavy atom. The van der Waals surface area contributed by atoms with E-state index >= 15 is 0 Å². The highest BCUT2D eigenvalue weighted by molar-refractivity contribution is 7.91. The van der Waals surface area contributed by atoms with Gasteiger partial charge in [0.15, 0.2) is 9.84 Å². The number of amides is 1. The number of carbonyl (C=O) groups is 1. The van der Waals surface area contributed by atoms with Gasteiger partial charge in [0.1, 0.15) is 0 Å². The number of hydrogen-bond acceptors (Lipinski definition) is 3. The van der Waals surface area contributed by atoms with Crippen LogP contribution in [0.1, 0.15) is 24.0 Å². The summed E-state index contributed by atoms with van der Waals surface area (Å²) in [7, 11) is -3.25. The maximum absolute atomic E-state index is 12.5. The summed E-state index contributed by atoms with van der Waals surface area (Å²) in [6, 6.07) is 16.6. The molecule has 3 rings (SSSR count). The normalized spacial score (nSPS) is 15.8. The molecule has 0 atom stereocenters. The maximum atomic E-state index is 12.5. The van der Waals surface area contributed by atoms with Crippen molar-refractivity contribution in [2.45, 2.75) is 31.1 Å². The van der Waals surface area contributed by atoms with Crippen molar-refractivity contribution >= 4 is 15.7 Å². The van der Waals surface area contributed by atoms with E-state index in [1.165, 1.54) is 5.56 Å². The molecule has 1 amide bonds. The number of rotatable bonds is 5. The minimum absolute atomic E-state index is 0.114. The summed E-state index contributed by atoms with van der Waals surface area (Å²) in [5, 5.41) is 0. The fourth-order valence-corrected chi connectivity index (χ4v) is 5.09. The van der Waals surface area contributed by atoms with Gasteiger partial charge in [-0.2, -0.15) is 0 Å². The molecule has 0 N–H and O–H groups in total. The highest BCUT2D eigenvalue weighted by Crippen LogP contribution is 2.23. The van der Waals surface area contributed by atoms with Crippen LogP contribution in [-0.2, 0) is 21.1 Å². The summed E-state index contributed by atoms with van der Waals surface area (Å²) in [5.41, 5.74) is 2.20. The largest absolute Gasteiger partial charge is 0.342 e. The van der Waals surface area contributed by atoms with Gasteiger partial charge in [-0.3, -0.25) is 4.79 Å². The van der Waals surface area contributed by atoms with E-state index in [1.807, 2.05) is 42.2 Å². The van der Waals surface area contributed by atoms with Gasteiger partial charge in [-0.25, -0.2) is 8.42 Å². The first-order chi connectivity index (χ1) is 12.4. The Bertz CT molecular complexity index is 837. The van der Waals surface area contributed by atoms with Crippen LogP contribution in [-0.4, -0.2) is 38.1 Å². The second kappa shape index (κ2) is 8.04. The maximum Gasteiger partial charge on any atom is 0.226 e. The van der Waals surface area contributed by atoms with Crippen molar-refractivity contribution in [1.82, 2.24) is 4.90 Å². The third-order valence-corrected chi connectivity index (χ3v) is 6.90. The lowest BCUT2D eigenvalue weighted by Crippen LogP contribution is -2.40. The van der Waals surface area contributed by atoms with Gasteiger partial charge in [-0.05, 0) is 43.4 Å². The van der Waals surface area contributed by atoms with Crippen molar-refractivity contribution in [1.29, 1.82) is 0 Å². The first-order valence-corrected chi connectivity index (χ1v) is 10.7. The molecule has 0 unspecified atom stereocenters. The van der Waals surface area contributed by atoms with Crippen molar-refractivity contribution in [2.75, 3.05) is 18.8 Å². The van der Waals surface area contributed by atoms with Gasteiger partial charge in [0.2, 0.25) is 5.91 Å². The Hall–Kier alpha value is -2.14. The Morgan fingerprint density at radius 2 is 1.62 bits per heavy atom.